The summed E-state index contributed by atoms with van der Waals surface area (Å²) in [6.45, 7) is 0. The minimum Gasteiger partial charge on any atom is -0.322 e. The third-order valence-electron chi connectivity index (χ3n) is 3.91. The number of nitrogens with zero attached hydrogens (tertiary/aromatic N) is 4. The van der Waals surface area contributed by atoms with Gasteiger partial charge in [0.15, 0.2) is 0 Å². The van der Waals surface area contributed by atoms with E-state index in [2.05, 4.69) is 25.5 Å². The molecule has 0 spiro atoms. The number of amides is 1. The Morgan fingerprint density at radius 2 is 1.92 bits per heavy atom. The van der Waals surface area contributed by atoms with Crippen LogP contribution < -0.4 is 5.32 Å². The molecule has 1 aromatic carbocycles. The fourth-order valence-corrected chi connectivity index (χ4v) is 2.66. The average molecular weight is 340 g/mol. The van der Waals surface area contributed by atoms with Crippen LogP contribution in [0.1, 0.15) is 16.1 Å². The molecule has 0 saturated carbocycles. The van der Waals surface area contributed by atoms with Crippen LogP contribution in [0.25, 0.3) is 22.2 Å². The number of carbonyl (C=O) groups excluding carboxylic acids is 1. The molecular weight excluding hydrogens is 328 g/mol. The number of carbonyl (C=O) groups is 1. The number of benzene rings is 1. The first-order valence-electron chi connectivity index (χ1n) is 7.80. The first kappa shape index (κ1) is 15.5. The van der Waals surface area contributed by atoms with Crippen LogP contribution >= 0.6 is 0 Å². The molecule has 0 atom stereocenters. The fourth-order valence-electron chi connectivity index (χ4n) is 2.66. The minimum atomic E-state index is -0.308. The molecule has 124 valence electrons. The number of hydrogen-bond acceptors (Lipinski definition) is 5. The zero-order valence-corrected chi connectivity index (χ0v) is 13.5. The van der Waals surface area contributed by atoms with Crippen molar-refractivity contribution in [3.05, 3.63) is 72.3 Å². The van der Waals surface area contributed by atoms with E-state index >= 15 is 0 Å². The number of fused-ring (bicyclic) bond motifs is 1. The highest BCUT2D eigenvalue weighted by Gasteiger charge is 2.11. The summed E-state index contributed by atoms with van der Waals surface area (Å²) in [5.74, 6) is -0.308. The van der Waals surface area contributed by atoms with E-state index in [0.29, 0.717) is 11.3 Å². The second-order valence-electron chi connectivity index (χ2n) is 5.56. The van der Waals surface area contributed by atoms with Crippen LogP contribution in [0, 0.1) is 11.3 Å². The lowest BCUT2D eigenvalue weighted by atomic mass is 10.1. The molecule has 26 heavy (non-hydrogen) atoms. The van der Waals surface area contributed by atoms with Crippen molar-refractivity contribution in [2.75, 3.05) is 5.32 Å². The van der Waals surface area contributed by atoms with Crippen LogP contribution in [0.5, 0.6) is 0 Å². The van der Waals surface area contributed by atoms with Crippen molar-refractivity contribution < 1.29 is 4.79 Å². The molecule has 3 aromatic heterocycles. The number of nitriles is 1. The van der Waals surface area contributed by atoms with Gasteiger partial charge in [-0.05, 0) is 42.5 Å². The minimum absolute atomic E-state index is 0.197. The summed E-state index contributed by atoms with van der Waals surface area (Å²) in [6.07, 6.45) is 4.85. The van der Waals surface area contributed by atoms with Crippen molar-refractivity contribution >= 4 is 22.5 Å². The van der Waals surface area contributed by atoms with Crippen LogP contribution in [-0.4, -0.2) is 26.1 Å². The van der Waals surface area contributed by atoms with Gasteiger partial charge in [0.25, 0.3) is 5.91 Å². The van der Waals surface area contributed by atoms with E-state index in [9.17, 15) is 4.79 Å². The van der Waals surface area contributed by atoms with Gasteiger partial charge in [0.2, 0.25) is 0 Å². The molecule has 7 heteroatoms. The first-order chi connectivity index (χ1) is 12.7. The smallest absolute Gasteiger partial charge is 0.255 e. The molecule has 2 N–H and O–H groups in total. The lowest BCUT2D eigenvalue weighted by Gasteiger charge is -2.06. The number of H-pyrrole nitrogens is 1. The molecule has 4 aromatic rings. The highest BCUT2D eigenvalue weighted by atomic mass is 16.1. The van der Waals surface area contributed by atoms with Crippen molar-refractivity contribution in [2.45, 2.75) is 0 Å². The number of nitrogens with one attached hydrogen (secondary N) is 2. The average Bonchev–Trinajstić information content (AvgIpc) is 3.12. The molecule has 0 unspecified atom stereocenters. The lowest BCUT2D eigenvalue weighted by Crippen LogP contribution is -2.12. The summed E-state index contributed by atoms with van der Waals surface area (Å²) < 4.78 is 0. The summed E-state index contributed by atoms with van der Waals surface area (Å²) in [4.78, 5) is 20.3. The summed E-state index contributed by atoms with van der Waals surface area (Å²) in [5.41, 5.74) is 3.79. The number of aromatic amines is 1. The third kappa shape index (κ3) is 2.87. The second-order valence-corrected chi connectivity index (χ2v) is 5.56. The van der Waals surface area contributed by atoms with Crippen molar-refractivity contribution in [1.82, 2.24) is 20.2 Å². The SMILES string of the molecule is N#Cc1cc(C(=O)Nc2ccc3[nH]nc(-c4ccncc4)c3c2)ccn1. The molecule has 7 nitrogen and oxygen atoms in total. The predicted octanol–water partition coefficient (Wildman–Crippen LogP) is 3.14. The summed E-state index contributed by atoms with van der Waals surface area (Å²) in [5, 5.41) is 20.0. The lowest BCUT2D eigenvalue weighted by molar-refractivity contribution is 0.102. The van der Waals surface area contributed by atoms with E-state index < -0.39 is 0 Å². The third-order valence-corrected chi connectivity index (χ3v) is 3.91. The van der Waals surface area contributed by atoms with E-state index in [0.717, 1.165) is 22.2 Å². The molecule has 0 saturated heterocycles. The van der Waals surface area contributed by atoms with Crippen LogP contribution in [-0.2, 0) is 0 Å². The zero-order chi connectivity index (χ0) is 17.9. The second kappa shape index (κ2) is 6.45. The summed E-state index contributed by atoms with van der Waals surface area (Å²) in [6, 6.07) is 14.2. The van der Waals surface area contributed by atoms with Gasteiger partial charge in [0.1, 0.15) is 17.5 Å². The fraction of sp³-hybridized carbons (Fsp3) is 0. The van der Waals surface area contributed by atoms with E-state index in [1.165, 1.54) is 12.3 Å². The first-order valence-corrected chi connectivity index (χ1v) is 7.80. The van der Waals surface area contributed by atoms with E-state index in [1.807, 2.05) is 30.3 Å². The zero-order valence-electron chi connectivity index (χ0n) is 13.5. The van der Waals surface area contributed by atoms with Gasteiger partial charge in [-0.3, -0.25) is 14.9 Å². The maximum atomic E-state index is 12.4. The van der Waals surface area contributed by atoms with E-state index in [1.54, 1.807) is 24.5 Å². The Hall–Kier alpha value is -4.05. The monoisotopic (exact) mass is 340 g/mol. The summed E-state index contributed by atoms with van der Waals surface area (Å²) in [7, 11) is 0. The van der Waals surface area contributed by atoms with Crippen molar-refractivity contribution in [3.63, 3.8) is 0 Å². The molecule has 4 rings (SSSR count). The Labute approximate surface area is 148 Å². The van der Waals surface area contributed by atoms with Crippen molar-refractivity contribution in [3.8, 4) is 17.3 Å². The van der Waals surface area contributed by atoms with Gasteiger partial charge in [-0.15, -0.1) is 0 Å². The maximum Gasteiger partial charge on any atom is 0.255 e. The molecular formula is C19H12N6O. The molecule has 0 fully saturated rings. The highest BCUT2D eigenvalue weighted by Crippen LogP contribution is 2.28. The Bertz CT molecular complexity index is 1140. The van der Waals surface area contributed by atoms with Gasteiger partial charge in [-0.25, -0.2) is 4.98 Å². The molecule has 0 aliphatic rings. The Morgan fingerprint density at radius 3 is 2.73 bits per heavy atom. The van der Waals surface area contributed by atoms with Crippen LogP contribution in [0.3, 0.4) is 0 Å². The van der Waals surface area contributed by atoms with Gasteiger partial charge < -0.3 is 5.32 Å². The van der Waals surface area contributed by atoms with Gasteiger partial charge >= 0.3 is 0 Å². The standard InChI is InChI=1S/C19H12N6O/c20-11-15-9-13(5-8-22-15)19(26)23-14-1-2-17-16(10-14)18(25-24-17)12-3-6-21-7-4-12/h1-10H,(H,23,26)(H,24,25). The number of anilines is 1. The molecule has 0 aliphatic heterocycles. The van der Waals surface area contributed by atoms with Crippen LogP contribution in [0.4, 0.5) is 5.69 Å². The molecule has 0 radical (unpaired) electrons. The van der Waals surface area contributed by atoms with Gasteiger partial charge in [0, 0.05) is 40.8 Å². The van der Waals surface area contributed by atoms with Crippen LogP contribution in [0.15, 0.2) is 61.1 Å². The largest absolute Gasteiger partial charge is 0.322 e. The molecule has 3 heterocycles. The van der Waals surface area contributed by atoms with Gasteiger partial charge in [0.05, 0.1) is 5.52 Å². The summed E-state index contributed by atoms with van der Waals surface area (Å²) >= 11 is 0. The Kier molecular flexibility index (Phi) is 3.84. The quantitative estimate of drug-likeness (QED) is 0.596. The Balaban J connectivity index is 1.67. The normalized spacial score (nSPS) is 10.4. The van der Waals surface area contributed by atoms with Gasteiger partial charge in [-0.1, -0.05) is 0 Å². The topological polar surface area (TPSA) is 107 Å². The Morgan fingerprint density at radius 1 is 1.08 bits per heavy atom. The predicted molar refractivity (Wildman–Crippen MR) is 96.2 cm³/mol. The van der Waals surface area contributed by atoms with Crippen LogP contribution in [0.2, 0.25) is 0 Å². The molecule has 0 bridgehead atoms. The molecule has 1 amide bonds. The van der Waals surface area contributed by atoms with Crippen molar-refractivity contribution in [1.29, 1.82) is 5.26 Å². The van der Waals surface area contributed by atoms with Crippen molar-refractivity contribution in [2.24, 2.45) is 0 Å². The highest BCUT2D eigenvalue weighted by molar-refractivity contribution is 6.06. The van der Waals surface area contributed by atoms with E-state index in [-0.39, 0.29) is 11.6 Å². The number of pyridine rings is 2. The number of aromatic nitrogens is 4. The van der Waals surface area contributed by atoms with Gasteiger partial charge in [-0.2, -0.15) is 10.4 Å². The van der Waals surface area contributed by atoms with E-state index in [4.69, 9.17) is 5.26 Å². The maximum absolute atomic E-state index is 12.4. The molecule has 0 aliphatic carbocycles. The number of hydrogen-bond donors (Lipinski definition) is 2. The number of rotatable bonds is 3.